The van der Waals surface area contributed by atoms with Crippen LogP contribution in [0.4, 0.5) is 0 Å². The average molecular weight is 708 g/mol. The van der Waals surface area contributed by atoms with E-state index in [1.165, 1.54) is 0 Å². The van der Waals surface area contributed by atoms with Gasteiger partial charge in [-0.3, -0.25) is 0 Å². The van der Waals surface area contributed by atoms with Gasteiger partial charge in [-0.25, -0.2) is 5.11 Å². The number of alkyl halides is 15. The molecule has 0 aliphatic carbocycles. The second kappa shape index (κ2) is 9.88. The van der Waals surface area contributed by atoms with Crippen molar-refractivity contribution in [2.45, 2.75) is 31.0 Å². The van der Waals surface area contributed by atoms with Crippen LogP contribution in [0.2, 0.25) is 0 Å². The van der Waals surface area contributed by atoms with E-state index in [1.807, 2.05) is 0 Å². The second-order valence-electron chi connectivity index (χ2n) is 5.41. The summed E-state index contributed by atoms with van der Waals surface area (Å²) in [7, 11) is 0. The molecule has 0 N–H and O–H groups in total. The molecule has 16 heteroatoms. The average Bonchev–Trinajstić information content (AvgIpc) is 2.49. The molecule has 0 atom stereocenters. The largest absolute Gasteiger partial charge is 0.232 e. The summed E-state index contributed by atoms with van der Waals surface area (Å²) < 4.78 is -14.1. The highest BCUT2D eigenvalue weighted by Gasteiger charge is 2.55. The second-order valence-corrected chi connectivity index (χ2v) is 16.2. The van der Waals surface area contributed by atoms with E-state index in [4.69, 9.17) is 174 Å². The van der Waals surface area contributed by atoms with Crippen LogP contribution in [-0.2, 0) is 24.7 Å². The first-order valence-electron chi connectivity index (χ1n) is 6.63. The van der Waals surface area contributed by atoms with Gasteiger partial charge < -0.3 is 0 Å². The lowest BCUT2D eigenvalue weighted by atomic mass is 9.92. The Bertz CT molecular complexity index is 706. The molecule has 0 aliphatic rings. The third-order valence-electron chi connectivity index (χ3n) is 3.50. The van der Waals surface area contributed by atoms with Crippen LogP contribution in [-0.4, -0.2) is 11.4 Å². The molecule has 1 aromatic rings. The maximum absolute atomic E-state index is 12.0. The fourth-order valence-corrected chi connectivity index (χ4v) is 3.87. The maximum atomic E-state index is 12.0. The van der Waals surface area contributed by atoms with Gasteiger partial charge in [0.05, 0.1) is 0 Å². The van der Waals surface area contributed by atoms with E-state index < -0.39 is 31.0 Å². The monoisotopic (exact) mass is 701 g/mol. The molecule has 0 heterocycles. The lowest BCUT2D eigenvalue weighted by Crippen LogP contribution is -2.36. The lowest BCUT2D eigenvalue weighted by molar-refractivity contribution is 0.175. The van der Waals surface area contributed by atoms with E-state index in [-0.39, 0.29) is 22.3 Å². The van der Waals surface area contributed by atoms with Gasteiger partial charge in [0, 0.05) is 0 Å². The maximum Gasteiger partial charge on any atom is 0.227 e. The van der Waals surface area contributed by atoms with Crippen molar-refractivity contribution in [1.82, 2.24) is 0 Å². The van der Waals surface area contributed by atoms with Gasteiger partial charge in [0.25, 0.3) is 0 Å². The highest BCUT2D eigenvalue weighted by molar-refractivity contribution is 6.77. The van der Waals surface area contributed by atoms with Crippen molar-refractivity contribution in [2.75, 3.05) is 0 Å². The summed E-state index contributed by atoms with van der Waals surface area (Å²) in [6.45, 7) is -1.04. The molecule has 167 valence electrons. The zero-order valence-corrected chi connectivity index (χ0v) is 24.3. The van der Waals surface area contributed by atoms with Crippen molar-refractivity contribution >= 4 is 174 Å². The van der Waals surface area contributed by atoms with Gasteiger partial charge in [-0.05, 0) is 34.4 Å². The summed E-state index contributed by atoms with van der Waals surface area (Å²) in [5.41, 5.74) is -1.11. The van der Waals surface area contributed by atoms with Gasteiger partial charge in [0.1, 0.15) is 6.61 Å². The molecule has 0 unspecified atom stereocenters. The van der Waals surface area contributed by atoms with Crippen molar-refractivity contribution in [3.05, 3.63) is 34.4 Å². The van der Waals surface area contributed by atoms with Crippen LogP contribution in [0.25, 0.3) is 0 Å². The SMILES string of the molecule is [O]Cc1c(C(Cl)(Cl)C(Cl)(Cl)Cl)cc(C(Cl)(Cl)C(Cl)(Cl)Cl)cc1C(Cl)(Cl)C(Cl)(Cl)Cl. The van der Waals surface area contributed by atoms with Crippen molar-refractivity contribution in [1.29, 1.82) is 0 Å². The first kappa shape index (κ1) is 30.6. The minimum absolute atomic E-state index is 0.206. The predicted octanol–water partition coefficient (Wildman–Crippen LogP) is 10.6. The van der Waals surface area contributed by atoms with Crippen LogP contribution < -0.4 is 0 Å². The molecule has 1 aromatic carbocycles. The minimum atomic E-state index is -2.38. The van der Waals surface area contributed by atoms with Crippen molar-refractivity contribution < 1.29 is 5.11 Å². The van der Waals surface area contributed by atoms with Crippen LogP contribution in [0.1, 0.15) is 22.3 Å². The predicted molar refractivity (Wildman–Crippen MR) is 132 cm³/mol. The zero-order valence-electron chi connectivity index (χ0n) is 12.9. The number of benzene rings is 1. The molecule has 1 nitrogen and oxygen atoms in total. The Hall–Kier alpha value is 3.53. The molecule has 29 heavy (non-hydrogen) atoms. The summed E-state index contributed by atoms with van der Waals surface area (Å²) >= 11 is 90.3. The summed E-state index contributed by atoms with van der Waals surface area (Å²) in [5.74, 6) is 0. The normalized spacial score (nSPS) is 15.0. The third-order valence-corrected chi connectivity index (χ3v) is 10.7. The Morgan fingerprint density at radius 1 is 0.517 bits per heavy atom. The topological polar surface area (TPSA) is 19.9 Å². The van der Waals surface area contributed by atoms with E-state index in [1.54, 1.807) is 0 Å². The first-order valence-corrected chi connectivity index (χ1v) is 12.3. The van der Waals surface area contributed by atoms with Crippen LogP contribution in [0.5, 0.6) is 0 Å². The fourth-order valence-electron chi connectivity index (χ4n) is 2.04. The Labute approximate surface area is 241 Å². The molecule has 0 fully saturated rings. The number of rotatable bonds is 4. The number of hydrogen-bond donors (Lipinski definition) is 0. The molecule has 0 aromatic heterocycles. The van der Waals surface area contributed by atoms with E-state index >= 15 is 0 Å². The van der Waals surface area contributed by atoms with E-state index in [9.17, 15) is 5.11 Å². The quantitative estimate of drug-likeness (QED) is 0.278. The van der Waals surface area contributed by atoms with Crippen molar-refractivity contribution in [3.63, 3.8) is 0 Å². The smallest absolute Gasteiger partial charge is 0.227 e. The van der Waals surface area contributed by atoms with Gasteiger partial charge in [0.2, 0.25) is 11.4 Å². The molecule has 1 radical (unpaired) electrons. The lowest BCUT2D eigenvalue weighted by Gasteiger charge is -2.37. The van der Waals surface area contributed by atoms with E-state index in [0.29, 0.717) is 0 Å². The number of halogens is 15. The molecule has 0 aliphatic heterocycles. The Kier molecular flexibility index (Phi) is 10.4. The van der Waals surface area contributed by atoms with Gasteiger partial charge in [0.15, 0.2) is 13.0 Å². The van der Waals surface area contributed by atoms with Gasteiger partial charge in [-0.1, -0.05) is 174 Å². The van der Waals surface area contributed by atoms with Crippen LogP contribution in [0, 0.1) is 0 Å². The van der Waals surface area contributed by atoms with Gasteiger partial charge in [-0.15, -0.1) is 0 Å². The standard InChI is InChI=1S/C13H4Cl15O/c14-8(15,11(20,21)22)4-1-6(9(16,17)12(23,24)25)5(3-29)7(2-4)10(18,19)13(26,27)28/h1-2H,3H2. The fraction of sp³-hybridized carbons (Fsp3) is 0.538. The van der Waals surface area contributed by atoms with Crippen molar-refractivity contribution in [3.8, 4) is 0 Å². The Morgan fingerprint density at radius 3 is 1.00 bits per heavy atom. The number of hydrogen-bond acceptors (Lipinski definition) is 0. The molecular weight excluding hydrogens is 704 g/mol. The minimum Gasteiger partial charge on any atom is -0.232 e. The molecule has 1 rings (SSSR count). The van der Waals surface area contributed by atoms with Crippen LogP contribution in [0.15, 0.2) is 12.1 Å². The van der Waals surface area contributed by atoms with Crippen LogP contribution >= 0.6 is 174 Å². The van der Waals surface area contributed by atoms with E-state index in [2.05, 4.69) is 0 Å². The summed E-state index contributed by atoms with van der Waals surface area (Å²) in [4.78, 5) is 0. The van der Waals surface area contributed by atoms with Crippen molar-refractivity contribution in [2.24, 2.45) is 0 Å². The summed E-state index contributed by atoms with van der Waals surface area (Å²) in [5, 5.41) is 12.0. The molecule has 0 amide bonds. The zero-order chi connectivity index (χ0) is 23.4. The van der Waals surface area contributed by atoms with Gasteiger partial charge >= 0.3 is 0 Å². The first-order chi connectivity index (χ1) is 12.5. The summed E-state index contributed by atoms with van der Waals surface area (Å²) in [6, 6.07) is 2.17. The molecule has 0 spiro atoms. The third kappa shape index (κ3) is 6.21. The summed E-state index contributed by atoms with van der Waals surface area (Å²) in [6.07, 6.45) is 0. The molecule has 0 saturated heterocycles. The van der Waals surface area contributed by atoms with E-state index in [0.717, 1.165) is 12.1 Å². The van der Waals surface area contributed by atoms with Crippen LogP contribution in [0.3, 0.4) is 0 Å². The molecule has 0 bridgehead atoms. The highest BCUT2D eigenvalue weighted by Crippen LogP contribution is 2.60. The molecular formula is C13H4Cl15O. The highest BCUT2D eigenvalue weighted by atomic mass is 35.6. The van der Waals surface area contributed by atoms with Gasteiger partial charge in [-0.2, -0.15) is 0 Å². The Balaban J connectivity index is 4.16. The molecule has 0 saturated carbocycles. The Morgan fingerprint density at radius 2 is 0.793 bits per heavy atom.